The summed E-state index contributed by atoms with van der Waals surface area (Å²) in [5, 5.41) is 9.26. The van der Waals surface area contributed by atoms with Crippen molar-refractivity contribution in [2.24, 2.45) is 11.8 Å². The number of fused-ring (bicyclic) bond motifs is 1. The van der Waals surface area contributed by atoms with E-state index in [2.05, 4.69) is 30.0 Å². The number of hydrogen-bond donors (Lipinski definition) is 1. The van der Waals surface area contributed by atoms with Gasteiger partial charge in [-0.2, -0.15) is 0 Å². The molecule has 1 saturated carbocycles. The summed E-state index contributed by atoms with van der Waals surface area (Å²) in [5.74, 6) is 1.91. The number of rotatable bonds is 2. The Hall–Kier alpha value is -1.02. The van der Waals surface area contributed by atoms with Crippen molar-refractivity contribution in [3.63, 3.8) is 0 Å². The summed E-state index contributed by atoms with van der Waals surface area (Å²) < 4.78 is 0. The van der Waals surface area contributed by atoms with E-state index in [4.69, 9.17) is 0 Å². The van der Waals surface area contributed by atoms with Crippen LogP contribution in [0.5, 0.6) is 0 Å². The highest BCUT2D eigenvalue weighted by Crippen LogP contribution is 2.37. The zero-order valence-corrected chi connectivity index (χ0v) is 11.9. The van der Waals surface area contributed by atoms with Gasteiger partial charge in [-0.05, 0) is 54.9 Å². The SMILES string of the molecule is Cc1cc(N2CCC3CCCCC3C2)ccc1CO. The van der Waals surface area contributed by atoms with Crippen LogP contribution in [0, 0.1) is 18.8 Å². The van der Waals surface area contributed by atoms with Crippen molar-refractivity contribution in [2.45, 2.75) is 45.6 Å². The molecule has 2 fully saturated rings. The Bertz CT molecular complexity index is 443. The topological polar surface area (TPSA) is 23.5 Å². The third-order valence-electron chi connectivity index (χ3n) is 5.15. The molecule has 3 rings (SSSR count). The molecule has 0 amide bonds. The van der Waals surface area contributed by atoms with Crippen molar-refractivity contribution in [1.82, 2.24) is 0 Å². The molecule has 0 aromatic heterocycles. The van der Waals surface area contributed by atoms with Crippen molar-refractivity contribution in [3.8, 4) is 0 Å². The Balaban J connectivity index is 1.74. The van der Waals surface area contributed by atoms with Crippen molar-refractivity contribution < 1.29 is 5.11 Å². The fourth-order valence-corrected chi connectivity index (χ4v) is 3.89. The molecule has 1 aromatic rings. The van der Waals surface area contributed by atoms with Crippen LogP contribution >= 0.6 is 0 Å². The van der Waals surface area contributed by atoms with Crippen LogP contribution in [0.25, 0.3) is 0 Å². The van der Waals surface area contributed by atoms with Gasteiger partial charge in [0, 0.05) is 18.8 Å². The first-order chi connectivity index (χ1) is 9.28. The molecule has 0 bridgehead atoms. The minimum absolute atomic E-state index is 0.150. The van der Waals surface area contributed by atoms with Gasteiger partial charge in [-0.25, -0.2) is 0 Å². The molecular formula is C17H25NO. The zero-order chi connectivity index (χ0) is 13.2. The summed E-state index contributed by atoms with van der Waals surface area (Å²) in [4.78, 5) is 2.56. The molecule has 2 heteroatoms. The van der Waals surface area contributed by atoms with Crippen LogP contribution in [-0.2, 0) is 6.61 Å². The normalized spacial score (nSPS) is 27.2. The predicted molar refractivity (Wildman–Crippen MR) is 79.4 cm³/mol. The summed E-state index contributed by atoms with van der Waals surface area (Å²) in [6.45, 7) is 4.70. The number of aryl methyl sites for hydroxylation is 1. The van der Waals surface area contributed by atoms with Gasteiger partial charge in [0.25, 0.3) is 0 Å². The van der Waals surface area contributed by atoms with Gasteiger partial charge >= 0.3 is 0 Å². The summed E-state index contributed by atoms with van der Waals surface area (Å²) in [6.07, 6.45) is 7.13. The van der Waals surface area contributed by atoms with Gasteiger partial charge in [0.15, 0.2) is 0 Å². The van der Waals surface area contributed by atoms with E-state index in [1.165, 1.54) is 56.4 Å². The van der Waals surface area contributed by atoms with E-state index in [1.807, 2.05) is 0 Å². The van der Waals surface area contributed by atoms with Gasteiger partial charge in [-0.15, -0.1) is 0 Å². The second kappa shape index (κ2) is 5.54. The molecule has 1 N–H and O–H groups in total. The van der Waals surface area contributed by atoms with Crippen LogP contribution in [0.4, 0.5) is 5.69 Å². The number of aliphatic hydroxyl groups excluding tert-OH is 1. The van der Waals surface area contributed by atoms with Gasteiger partial charge in [-0.1, -0.05) is 25.3 Å². The predicted octanol–water partition coefficient (Wildman–Crippen LogP) is 3.50. The van der Waals surface area contributed by atoms with E-state index < -0.39 is 0 Å². The van der Waals surface area contributed by atoms with Crippen molar-refractivity contribution >= 4 is 5.69 Å². The highest BCUT2D eigenvalue weighted by atomic mass is 16.3. The molecule has 1 aromatic carbocycles. The monoisotopic (exact) mass is 259 g/mol. The van der Waals surface area contributed by atoms with Crippen LogP contribution in [0.3, 0.4) is 0 Å². The van der Waals surface area contributed by atoms with Gasteiger partial charge < -0.3 is 10.0 Å². The fourth-order valence-electron chi connectivity index (χ4n) is 3.89. The molecule has 0 spiro atoms. The Morgan fingerprint density at radius 3 is 2.68 bits per heavy atom. The van der Waals surface area contributed by atoms with Gasteiger partial charge in [-0.3, -0.25) is 0 Å². The molecule has 1 heterocycles. The molecule has 0 radical (unpaired) electrons. The van der Waals surface area contributed by atoms with Crippen LogP contribution in [-0.4, -0.2) is 18.2 Å². The summed E-state index contributed by atoms with van der Waals surface area (Å²) in [6, 6.07) is 6.51. The minimum Gasteiger partial charge on any atom is -0.392 e. The third-order valence-corrected chi connectivity index (χ3v) is 5.15. The maximum absolute atomic E-state index is 9.26. The first-order valence-corrected chi connectivity index (χ1v) is 7.73. The number of anilines is 1. The largest absolute Gasteiger partial charge is 0.392 e. The third kappa shape index (κ3) is 2.64. The lowest BCUT2D eigenvalue weighted by Crippen LogP contribution is -2.41. The maximum Gasteiger partial charge on any atom is 0.0684 e. The molecule has 1 aliphatic carbocycles. The molecule has 1 aliphatic heterocycles. The summed E-state index contributed by atoms with van der Waals surface area (Å²) >= 11 is 0. The van der Waals surface area contributed by atoms with Gasteiger partial charge in [0.05, 0.1) is 6.61 Å². The number of piperidine rings is 1. The molecule has 19 heavy (non-hydrogen) atoms. The van der Waals surface area contributed by atoms with E-state index in [1.54, 1.807) is 0 Å². The van der Waals surface area contributed by atoms with E-state index in [9.17, 15) is 5.11 Å². The lowest BCUT2D eigenvalue weighted by molar-refractivity contribution is 0.202. The molecular weight excluding hydrogens is 234 g/mol. The van der Waals surface area contributed by atoms with Gasteiger partial charge in [0.2, 0.25) is 0 Å². The average Bonchev–Trinajstić information content (AvgIpc) is 2.46. The summed E-state index contributed by atoms with van der Waals surface area (Å²) in [7, 11) is 0. The number of hydrogen-bond acceptors (Lipinski definition) is 2. The zero-order valence-electron chi connectivity index (χ0n) is 11.9. The van der Waals surface area contributed by atoms with Gasteiger partial charge in [0.1, 0.15) is 0 Å². The van der Waals surface area contributed by atoms with E-state index >= 15 is 0 Å². The second-order valence-electron chi connectivity index (χ2n) is 6.31. The standard InChI is InChI=1S/C17H25NO/c1-13-10-17(7-6-16(13)12-19)18-9-8-14-4-2-3-5-15(14)11-18/h6-7,10,14-15,19H,2-5,8-9,11-12H2,1H3. The second-order valence-corrected chi connectivity index (χ2v) is 6.31. The number of aliphatic hydroxyl groups is 1. The van der Waals surface area contributed by atoms with Crippen LogP contribution in [0.2, 0.25) is 0 Å². The number of benzene rings is 1. The van der Waals surface area contributed by atoms with Crippen LogP contribution < -0.4 is 4.90 Å². The molecule has 1 saturated heterocycles. The molecule has 2 aliphatic rings. The lowest BCUT2D eigenvalue weighted by atomic mass is 9.75. The molecule has 104 valence electrons. The summed E-state index contributed by atoms with van der Waals surface area (Å²) in [5.41, 5.74) is 3.61. The average molecular weight is 259 g/mol. The van der Waals surface area contributed by atoms with Crippen molar-refractivity contribution in [3.05, 3.63) is 29.3 Å². The molecule has 2 unspecified atom stereocenters. The quantitative estimate of drug-likeness (QED) is 0.878. The lowest BCUT2D eigenvalue weighted by Gasteiger charge is -2.42. The first kappa shape index (κ1) is 13.0. The Kier molecular flexibility index (Phi) is 3.79. The smallest absolute Gasteiger partial charge is 0.0684 e. The Morgan fingerprint density at radius 2 is 1.95 bits per heavy atom. The first-order valence-electron chi connectivity index (χ1n) is 7.73. The molecule has 2 atom stereocenters. The highest BCUT2D eigenvalue weighted by molar-refractivity contribution is 5.51. The van der Waals surface area contributed by atoms with E-state index in [-0.39, 0.29) is 6.61 Å². The fraction of sp³-hybridized carbons (Fsp3) is 0.647. The highest BCUT2D eigenvalue weighted by Gasteiger charge is 2.31. The van der Waals surface area contributed by atoms with Crippen molar-refractivity contribution in [1.29, 1.82) is 0 Å². The maximum atomic E-state index is 9.26. The Morgan fingerprint density at radius 1 is 1.16 bits per heavy atom. The van der Waals surface area contributed by atoms with Crippen molar-refractivity contribution in [2.75, 3.05) is 18.0 Å². The minimum atomic E-state index is 0.150. The van der Waals surface area contributed by atoms with Crippen LogP contribution in [0.15, 0.2) is 18.2 Å². The number of nitrogens with zero attached hydrogens (tertiary/aromatic N) is 1. The molecule has 2 nitrogen and oxygen atoms in total. The van der Waals surface area contributed by atoms with E-state index in [0.29, 0.717) is 0 Å². The Labute approximate surface area is 116 Å². The van der Waals surface area contributed by atoms with E-state index in [0.717, 1.165) is 17.4 Å². The van der Waals surface area contributed by atoms with Crippen LogP contribution in [0.1, 0.15) is 43.2 Å².